The number of benzene rings is 1. The molecule has 0 saturated carbocycles. The van der Waals surface area contributed by atoms with Crippen LogP contribution < -0.4 is 20.3 Å². The van der Waals surface area contributed by atoms with E-state index < -0.39 is 64.0 Å². The number of esters is 2. The van der Waals surface area contributed by atoms with Crippen molar-refractivity contribution in [2.75, 3.05) is 52.1 Å². The van der Waals surface area contributed by atoms with Crippen LogP contribution in [0.4, 0.5) is 10.5 Å². The first-order valence-electron chi connectivity index (χ1n) is 23.1. The molecular weight excluding hydrogens is 920 g/mol. The topological polar surface area (TPSA) is 212 Å². The summed E-state index contributed by atoms with van der Waals surface area (Å²) in [5.74, 6) is -1.68. The molecule has 0 spiro atoms. The average molecular weight is 994 g/mol. The molecule has 0 radical (unpaired) electrons. The predicted octanol–water partition coefficient (Wildman–Crippen LogP) is 6.44. The van der Waals surface area contributed by atoms with Gasteiger partial charge in [-0.1, -0.05) is 56.2 Å². The Morgan fingerprint density at radius 3 is 2.50 bits per heavy atom. The monoisotopic (exact) mass is 992 g/mol. The number of epoxide rings is 1. The summed E-state index contributed by atoms with van der Waals surface area (Å²) in [6, 6.07) is 2.54. The van der Waals surface area contributed by atoms with E-state index in [1.165, 1.54) is 42.8 Å². The number of alkyl carbamates (subject to hydrolysis) is 1. The van der Waals surface area contributed by atoms with E-state index in [0.29, 0.717) is 50.3 Å². The molecule has 68 heavy (non-hydrogen) atoms. The first-order valence-corrected chi connectivity index (χ1v) is 24.5. The van der Waals surface area contributed by atoms with E-state index in [9.17, 15) is 33.9 Å². The molecular formula is C49H73ClN4O13S. The average Bonchev–Trinajstić information content (AvgIpc) is 3.93. The summed E-state index contributed by atoms with van der Waals surface area (Å²) in [5, 5.41) is 17.1. The van der Waals surface area contributed by atoms with Gasteiger partial charge >= 0.3 is 18.0 Å². The Labute approximate surface area is 410 Å². The summed E-state index contributed by atoms with van der Waals surface area (Å²) in [6.45, 7) is 15.5. The van der Waals surface area contributed by atoms with Gasteiger partial charge < -0.3 is 48.6 Å². The lowest BCUT2D eigenvalue weighted by Gasteiger charge is -2.36. The van der Waals surface area contributed by atoms with Crippen molar-refractivity contribution in [1.82, 2.24) is 15.5 Å². The molecule has 7 atom stereocenters. The lowest BCUT2D eigenvalue weighted by molar-refractivity contribution is -0.162. The van der Waals surface area contributed by atoms with Gasteiger partial charge in [-0.3, -0.25) is 24.5 Å². The van der Waals surface area contributed by atoms with Crippen LogP contribution in [-0.2, 0) is 54.1 Å². The molecule has 4 amide bonds. The Bertz CT molecular complexity index is 2060. The van der Waals surface area contributed by atoms with Crippen molar-refractivity contribution in [3.05, 3.63) is 46.5 Å². The smallest absolute Gasteiger partial charge is 0.409 e. The van der Waals surface area contributed by atoms with Gasteiger partial charge in [0, 0.05) is 57.7 Å². The second-order valence-corrected chi connectivity index (χ2v) is 21.7. The van der Waals surface area contributed by atoms with Crippen LogP contribution in [0.25, 0.3) is 0 Å². The third kappa shape index (κ3) is 16.1. The van der Waals surface area contributed by atoms with Crippen LogP contribution in [0.3, 0.4) is 0 Å². The number of carbonyl (C=O) groups excluding carboxylic acids is 6. The van der Waals surface area contributed by atoms with Gasteiger partial charge in [0.2, 0.25) is 17.7 Å². The number of hydrogen-bond acceptors (Lipinski definition) is 14. The largest absolute Gasteiger partial charge is 0.495 e. The maximum absolute atomic E-state index is 14.2. The van der Waals surface area contributed by atoms with Gasteiger partial charge in [0.05, 0.1) is 49.7 Å². The molecule has 0 aliphatic carbocycles. The second-order valence-electron chi connectivity index (χ2n) is 19.6. The highest BCUT2D eigenvalue weighted by atomic mass is 35.5. The highest BCUT2D eigenvalue weighted by Gasteiger charge is 2.61. The van der Waals surface area contributed by atoms with Crippen molar-refractivity contribution in [3.63, 3.8) is 0 Å². The number of fused-ring (bicyclic) bond motifs is 5. The van der Waals surface area contributed by atoms with Crippen LogP contribution in [0, 0.1) is 5.92 Å². The Morgan fingerprint density at radius 1 is 1.12 bits per heavy atom. The molecule has 1 aromatic carbocycles. The SMILES string of the molecule is COC(=O)C(C)CCOC(C)(C)CCNC(=O)CSC(C)(C)CCC(=O)N(C)C(C)C(=O)OC1CC(=O)N(C)c2cc(cc(OC)c2Cl)CC(C)=CC=CCC2(O)CC(CC3OC13C)OC(=O)N2. The van der Waals surface area contributed by atoms with Crippen LogP contribution in [0.15, 0.2) is 35.9 Å². The quantitative estimate of drug-likeness (QED) is 0.0822. The highest BCUT2D eigenvalue weighted by Crippen LogP contribution is 2.47. The van der Waals surface area contributed by atoms with E-state index in [2.05, 4.69) is 10.6 Å². The minimum atomic E-state index is -1.59. The zero-order chi connectivity index (χ0) is 50.8. The van der Waals surface area contributed by atoms with Gasteiger partial charge in [0.1, 0.15) is 40.3 Å². The Morgan fingerprint density at radius 2 is 1.82 bits per heavy atom. The third-order valence-electron chi connectivity index (χ3n) is 12.9. The molecule has 3 aliphatic heterocycles. The number of rotatable bonds is 18. The fourth-order valence-electron chi connectivity index (χ4n) is 7.97. The summed E-state index contributed by atoms with van der Waals surface area (Å²) < 4.78 is 33.7. The molecule has 3 heterocycles. The van der Waals surface area contributed by atoms with Gasteiger partial charge in [0.15, 0.2) is 0 Å². The first-order chi connectivity index (χ1) is 31.7. The van der Waals surface area contributed by atoms with Gasteiger partial charge in [-0.05, 0) is 78.0 Å². The number of hydrogen-bond donors (Lipinski definition) is 3. The molecule has 3 N–H and O–H groups in total. The van der Waals surface area contributed by atoms with Crippen molar-refractivity contribution in [2.45, 2.75) is 159 Å². The van der Waals surface area contributed by atoms with E-state index in [1.54, 1.807) is 52.1 Å². The number of halogens is 1. The normalized spacial score (nSPS) is 24.3. The first kappa shape index (κ1) is 56.2. The van der Waals surface area contributed by atoms with Crippen LogP contribution >= 0.6 is 23.4 Å². The van der Waals surface area contributed by atoms with Crippen molar-refractivity contribution in [2.24, 2.45) is 5.92 Å². The zero-order valence-electron chi connectivity index (χ0n) is 41.8. The van der Waals surface area contributed by atoms with Crippen LogP contribution in [0.5, 0.6) is 5.75 Å². The number of anilines is 1. The lowest BCUT2D eigenvalue weighted by Crippen LogP contribution is -2.56. The van der Waals surface area contributed by atoms with E-state index >= 15 is 0 Å². The molecule has 4 bridgehead atoms. The van der Waals surface area contributed by atoms with Crippen molar-refractivity contribution in [3.8, 4) is 5.75 Å². The third-order valence-corrected chi connectivity index (χ3v) is 14.7. The lowest BCUT2D eigenvalue weighted by atomic mass is 9.90. The van der Waals surface area contributed by atoms with Gasteiger partial charge in [0.25, 0.3) is 0 Å². The molecule has 380 valence electrons. The number of likely N-dealkylation sites (N-methyl/N-ethyl adjacent to an activating group) is 1. The second kappa shape index (κ2) is 24.0. The highest BCUT2D eigenvalue weighted by molar-refractivity contribution is 8.01. The standard InChI is InChI=1S/C49H73ClN4O13S/c1-30-15-13-14-18-49(61)28-34(65-45(60)52-49)26-38-48(8,67-38)37(27-41(57)54(10)35-24-33(23-30)25-36(62-11)42(35)50)66-44(59)32(3)53(9)40(56)16-19-47(6,7)68-29-39(55)51-21-20-46(4,5)64-22-17-31(2)43(58)63-12/h13-15,24-25,31-32,34,37-38,61H,16-23,26-29H2,1-12H3,(H,51,55)(H,52,60). The molecule has 1 aromatic rings. The number of nitrogens with zero attached hydrogens (tertiary/aromatic N) is 2. The van der Waals surface area contributed by atoms with Gasteiger partial charge in [-0.2, -0.15) is 0 Å². The minimum absolute atomic E-state index is 0.0565. The predicted molar refractivity (Wildman–Crippen MR) is 259 cm³/mol. The maximum atomic E-state index is 14.2. The molecule has 4 rings (SSSR count). The van der Waals surface area contributed by atoms with Gasteiger partial charge in [-0.25, -0.2) is 9.59 Å². The Kier molecular flexibility index (Phi) is 19.8. The van der Waals surface area contributed by atoms with Crippen molar-refractivity contribution in [1.29, 1.82) is 0 Å². The summed E-state index contributed by atoms with van der Waals surface area (Å²) in [5.41, 5.74) is -1.15. The van der Waals surface area contributed by atoms with E-state index in [0.717, 1.165) is 11.1 Å². The van der Waals surface area contributed by atoms with Crippen molar-refractivity contribution >= 4 is 64.8 Å². The molecule has 2 saturated heterocycles. The van der Waals surface area contributed by atoms with Crippen LogP contribution in [-0.4, -0.2) is 139 Å². The fraction of sp³-hybridized carbons (Fsp3) is 0.673. The summed E-state index contributed by atoms with van der Waals surface area (Å²) in [4.78, 5) is 81.6. The Hall–Kier alpha value is -4.36. The molecule has 17 nitrogen and oxygen atoms in total. The van der Waals surface area contributed by atoms with Crippen LogP contribution in [0.2, 0.25) is 5.02 Å². The molecule has 0 aromatic heterocycles. The number of aliphatic hydroxyl groups is 1. The number of amides is 4. The number of ether oxygens (including phenoxy) is 6. The summed E-state index contributed by atoms with van der Waals surface area (Å²) >= 11 is 8.20. The summed E-state index contributed by atoms with van der Waals surface area (Å²) in [7, 11) is 5.93. The number of thioether (sulfide) groups is 1. The van der Waals surface area contributed by atoms with E-state index in [4.69, 9.17) is 40.0 Å². The Balaban J connectivity index is 1.40. The molecule has 3 aliphatic rings. The molecule has 7 unspecified atom stereocenters. The van der Waals surface area contributed by atoms with Gasteiger partial charge in [-0.15, -0.1) is 11.8 Å². The van der Waals surface area contributed by atoms with E-state index in [-0.39, 0.29) is 66.6 Å². The summed E-state index contributed by atoms with van der Waals surface area (Å²) in [6.07, 6.45) is 4.20. The molecule has 19 heteroatoms. The van der Waals surface area contributed by atoms with Crippen LogP contribution in [0.1, 0.15) is 112 Å². The number of methoxy groups -OCH3 is 2. The fourth-order valence-corrected chi connectivity index (χ4v) is 9.15. The molecule has 2 fully saturated rings. The number of allylic oxidation sites excluding steroid dienone is 3. The van der Waals surface area contributed by atoms with E-state index in [1.807, 2.05) is 40.7 Å². The number of nitrogens with one attached hydrogen (secondary N) is 2. The zero-order valence-corrected chi connectivity index (χ0v) is 43.4. The van der Waals surface area contributed by atoms with Crippen molar-refractivity contribution < 1.29 is 62.3 Å². The minimum Gasteiger partial charge on any atom is -0.495 e. The maximum Gasteiger partial charge on any atom is 0.409 e. The number of carbonyl (C=O) groups is 6.